The molecule has 0 heterocycles. The minimum absolute atomic E-state index is 0. The van der Waals surface area contributed by atoms with E-state index in [9.17, 15) is 19.2 Å². The van der Waals surface area contributed by atoms with Gasteiger partial charge in [0.05, 0.1) is 0 Å². The van der Waals surface area contributed by atoms with Crippen LogP contribution in [0.15, 0.2) is 9.98 Å². The summed E-state index contributed by atoms with van der Waals surface area (Å²) in [6.07, 6.45) is 0.180. The van der Waals surface area contributed by atoms with E-state index in [4.69, 9.17) is 9.84 Å². The molecule has 0 unspecified atom stereocenters. The zero-order valence-corrected chi connectivity index (χ0v) is 24.9. The fourth-order valence-corrected chi connectivity index (χ4v) is 1.23. The van der Waals surface area contributed by atoms with Gasteiger partial charge >= 0.3 is 62.4 Å². The van der Waals surface area contributed by atoms with Crippen molar-refractivity contribution < 1.29 is 42.3 Å². The van der Waals surface area contributed by atoms with Crippen LogP contribution >= 0.6 is 61.2 Å². The van der Waals surface area contributed by atoms with Gasteiger partial charge in [-0.25, -0.2) is 9.59 Å². The molecule has 12 heteroatoms. The number of rotatable bonds is 5. The van der Waals surface area contributed by atoms with Crippen molar-refractivity contribution in [2.75, 3.05) is 14.1 Å². The number of carbonyl (C=O) groups excluding carboxylic acids is 3. The van der Waals surface area contributed by atoms with Crippen LogP contribution in [0.3, 0.4) is 0 Å². The van der Waals surface area contributed by atoms with E-state index in [1.165, 1.54) is 21.0 Å². The molecule has 0 spiro atoms. The summed E-state index contributed by atoms with van der Waals surface area (Å²) < 4.78 is 4.96. The Kier molecular flexibility index (Phi) is 25.7. The van der Waals surface area contributed by atoms with Gasteiger partial charge in [0.15, 0.2) is 23.0 Å². The Hall–Kier alpha value is 0.540. The molecule has 8 nitrogen and oxygen atoms in total. The fourth-order valence-electron chi connectivity index (χ4n) is 1.23. The van der Waals surface area contributed by atoms with E-state index < -0.39 is 23.3 Å². The predicted molar refractivity (Wildman–Crippen MR) is 130 cm³/mol. The summed E-state index contributed by atoms with van der Waals surface area (Å²) in [5.41, 5.74) is -1.11. The summed E-state index contributed by atoms with van der Waals surface area (Å²) in [4.78, 5) is 49.9. The van der Waals surface area contributed by atoms with Gasteiger partial charge in [0.1, 0.15) is 5.60 Å². The summed E-state index contributed by atoms with van der Waals surface area (Å²) in [6.45, 7) is 8.08. The third kappa shape index (κ3) is 21.1. The molecule has 0 saturated carbocycles. The number of carboxylic acid groups (broad SMARTS) is 1. The standard InChI is InChI=1S/C9H15NO3.C6H9NO3.I3.HI/c1-6(11)7(10-5)8(12)13-9(2,3)4;1-3-4(8)5(7-2)6(9)10;1-3-2;/h1-5H3;3H2,1-2H3,(H,9,10);;1H/q;;-1;. The molecule has 1 N–H and O–H groups in total. The number of aliphatic imine (C=N–C) groups is 2. The van der Waals surface area contributed by atoms with E-state index in [0.717, 1.165) is 0 Å². The van der Waals surface area contributed by atoms with E-state index in [2.05, 4.69) is 47.2 Å². The second-order valence-electron chi connectivity index (χ2n) is 5.34. The van der Waals surface area contributed by atoms with Crippen LogP contribution < -0.4 is 13.3 Å². The van der Waals surface area contributed by atoms with Crippen LogP contribution in [0, 0.1) is 0 Å². The average Bonchev–Trinajstić information content (AvgIpc) is 2.47. The van der Waals surface area contributed by atoms with Crippen LogP contribution in [-0.4, -0.2) is 59.7 Å². The van der Waals surface area contributed by atoms with Crippen molar-refractivity contribution in [2.45, 2.75) is 46.6 Å². The Morgan fingerprint density at radius 1 is 1.04 bits per heavy atom. The number of aliphatic carboxylic acids is 1. The molecule has 0 aliphatic rings. The summed E-state index contributed by atoms with van der Waals surface area (Å²) in [7, 11) is 2.68. The maximum absolute atomic E-state index is 11.3. The van der Waals surface area contributed by atoms with E-state index in [0.29, 0.717) is 13.3 Å². The van der Waals surface area contributed by atoms with Gasteiger partial charge < -0.3 is 9.84 Å². The Morgan fingerprint density at radius 3 is 1.56 bits per heavy atom. The Bertz CT molecular complexity index is 557. The number of hydrogen-bond donors (Lipinski definition) is 1. The predicted octanol–water partition coefficient (Wildman–Crippen LogP) is 0.502. The molecular formula is C15H25I4N2O6-. The molecule has 0 bridgehead atoms. The van der Waals surface area contributed by atoms with Gasteiger partial charge in [-0.3, -0.25) is 19.6 Å². The van der Waals surface area contributed by atoms with E-state index >= 15 is 0 Å². The first kappa shape index (κ1) is 35.0. The van der Waals surface area contributed by atoms with Crippen LogP contribution in [-0.2, 0) is 23.9 Å². The summed E-state index contributed by atoms with van der Waals surface area (Å²) in [6, 6.07) is 0. The SMILES string of the molecule is CCC(=O)C(=NC)C(=O)O.CN=C(C(C)=O)C(=O)OC(C)(C)C.I.I[I-]I. The summed E-state index contributed by atoms with van der Waals surface area (Å²) in [5.74, 6) is -2.73. The van der Waals surface area contributed by atoms with Gasteiger partial charge in [0.2, 0.25) is 0 Å². The Morgan fingerprint density at radius 2 is 1.41 bits per heavy atom. The van der Waals surface area contributed by atoms with E-state index in [-0.39, 0.29) is 47.6 Å². The number of Topliss-reactive ketones (excluding diaryl/α,β-unsaturated/α-hetero) is 2. The number of halogens is 4. The molecule has 160 valence electrons. The van der Waals surface area contributed by atoms with Crippen LogP contribution in [0.25, 0.3) is 0 Å². The number of hydrogen-bond acceptors (Lipinski definition) is 7. The first-order valence-corrected chi connectivity index (χ1v) is 19.7. The topological polar surface area (TPSA) is 122 Å². The third-order valence-electron chi connectivity index (χ3n) is 2.16. The van der Waals surface area contributed by atoms with Crippen molar-refractivity contribution >= 4 is 96.1 Å². The number of carboxylic acids is 1. The second kappa shape index (κ2) is 19.8. The van der Waals surface area contributed by atoms with Crippen molar-refractivity contribution in [3.05, 3.63) is 0 Å². The van der Waals surface area contributed by atoms with Crippen molar-refractivity contribution in [3.8, 4) is 0 Å². The van der Waals surface area contributed by atoms with Gasteiger partial charge in [-0.15, -0.1) is 24.0 Å². The second-order valence-corrected chi connectivity index (χ2v) is 21.6. The molecular weight excluding hydrogens is 812 g/mol. The van der Waals surface area contributed by atoms with E-state index in [1.54, 1.807) is 27.7 Å². The van der Waals surface area contributed by atoms with E-state index in [1.807, 2.05) is 0 Å². The van der Waals surface area contributed by atoms with Gasteiger partial charge in [-0.1, -0.05) is 6.92 Å². The van der Waals surface area contributed by atoms with Gasteiger partial charge in [-0.2, -0.15) is 0 Å². The van der Waals surface area contributed by atoms with Gasteiger partial charge in [-0.05, 0) is 20.8 Å². The molecule has 0 aromatic rings. The van der Waals surface area contributed by atoms with Crippen molar-refractivity contribution in [1.29, 1.82) is 0 Å². The number of ether oxygens (including phenoxy) is 1. The van der Waals surface area contributed by atoms with Gasteiger partial charge in [0, 0.05) is 27.4 Å². The number of carbonyl (C=O) groups is 4. The zero-order valence-electron chi connectivity index (χ0n) is 16.1. The first-order chi connectivity index (χ1) is 11.8. The number of ketones is 2. The first-order valence-electron chi connectivity index (χ1n) is 7.14. The normalized spacial score (nSPS) is 11.0. The monoisotopic (exact) mass is 837 g/mol. The summed E-state index contributed by atoms with van der Waals surface area (Å²) in [5, 5.41) is 8.32. The van der Waals surface area contributed by atoms with Crippen LogP contribution in [0.2, 0.25) is 0 Å². The molecule has 0 fully saturated rings. The molecule has 0 amide bonds. The Balaban J connectivity index is -0.000000169. The molecule has 0 radical (unpaired) electrons. The number of nitrogens with zero attached hydrogens (tertiary/aromatic N) is 2. The van der Waals surface area contributed by atoms with Crippen LogP contribution in [0.1, 0.15) is 41.0 Å². The molecule has 0 rings (SSSR count). The average molecular weight is 837 g/mol. The van der Waals surface area contributed by atoms with Gasteiger partial charge in [0.25, 0.3) is 0 Å². The number of esters is 1. The molecule has 0 aromatic carbocycles. The Labute approximate surface area is 206 Å². The molecule has 0 aromatic heterocycles. The van der Waals surface area contributed by atoms with Crippen molar-refractivity contribution in [1.82, 2.24) is 0 Å². The molecule has 0 saturated heterocycles. The molecule has 0 aliphatic heterocycles. The van der Waals surface area contributed by atoms with Crippen LogP contribution in [0.5, 0.6) is 0 Å². The fraction of sp³-hybridized carbons (Fsp3) is 0.600. The molecule has 0 aliphatic carbocycles. The third-order valence-corrected chi connectivity index (χ3v) is 2.16. The quantitative estimate of drug-likeness (QED) is 0.187. The van der Waals surface area contributed by atoms with Crippen molar-refractivity contribution in [3.63, 3.8) is 0 Å². The maximum atomic E-state index is 11.3. The molecule has 27 heavy (non-hydrogen) atoms. The van der Waals surface area contributed by atoms with Crippen molar-refractivity contribution in [2.24, 2.45) is 9.98 Å². The zero-order chi connectivity index (χ0) is 21.5. The van der Waals surface area contributed by atoms with Crippen LogP contribution in [0.4, 0.5) is 0 Å². The molecule has 0 atom stereocenters. The summed E-state index contributed by atoms with van der Waals surface area (Å²) >= 11 is 5.30. The minimum atomic E-state index is -1.26.